The summed E-state index contributed by atoms with van der Waals surface area (Å²) in [5, 5.41) is 0. The maximum absolute atomic E-state index is 12.1. The number of benzene rings is 1. The highest BCUT2D eigenvalue weighted by Crippen LogP contribution is 2.19. The molecule has 0 saturated carbocycles. The van der Waals surface area contributed by atoms with Gasteiger partial charge in [-0.25, -0.2) is 0 Å². The van der Waals surface area contributed by atoms with Crippen LogP contribution in [0.25, 0.3) is 0 Å². The molecular weight excluding hydrogens is 214 g/mol. The fourth-order valence-corrected chi connectivity index (χ4v) is 2.10. The Hall–Kier alpha value is -1.35. The Kier molecular flexibility index (Phi) is 4.15. The van der Waals surface area contributed by atoms with Gasteiger partial charge >= 0.3 is 0 Å². The smallest absolute Gasteiger partial charge is 0.223 e. The monoisotopic (exact) mass is 233 g/mol. The molecule has 0 spiro atoms. The average molecular weight is 233 g/mol. The van der Waals surface area contributed by atoms with Gasteiger partial charge in [0.2, 0.25) is 5.91 Å². The Bertz CT molecular complexity index is 358. The second-order valence-electron chi connectivity index (χ2n) is 4.51. The van der Waals surface area contributed by atoms with Crippen molar-refractivity contribution in [1.29, 1.82) is 0 Å². The van der Waals surface area contributed by atoms with Crippen molar-refractivity contribution in [2.75, 3.05) is 26.3 Å². The van der Waals surface area contributed by atoms with E-state index in [1.807, 2.05) is 23.1 Å². The van der Waals surface area contributed by atoms with Crippen molar-refractivity contribution in [2.24, 2.45) is 0 Å². The van der Waals surface area contributed by atoms with Crippen molar-refractivity contribution in [3.8, 4) is 0 Å². The molecule has 0 aliphatic carbocycles. The van der Waals surface area contributed by atoms with E-state index in [1.54, 1.807) is 0 Å². The highest BCUT2D eigenvalue weighted by molar-refractivity contribution is 5.77. The van der Waals surface area contributed by atoms with Crippen LogP contribution in [0.3, 0.4) is 0 Å². The van der Waals surface area contributed by atoms with Crippen LogP contribution >= 0.6 is 0 Å². The number of nitrogens with zero attached hydrogens (tertiary/aromatic N) is 1. The van der Waals surface area contributed by atoms with Gasteiger partial charge in [-0.15, -0.1) is 0 Å². The lowest BCUT2D eigenvalue weighted by molar-refractivity contribution is -0.135. The van der Waals surface area contributed by atoms with Crippen LogP contribution in [0.1, 0.15) is 24.8 Å². The third-order valence-corrected chi connectivity index (χ3v) is 3.21. The van der Waals surface area contributed by atoms with Crippen LogP contribution in [0.4, 0.5) is 0 Å². The van der Waals surface area contributed by atoms with Gasteiger partial charge < -0.3 is 9.64 Å². The van der Waals surface area contributed by atoms with E-state index in [1.165, 1.54) is 5.56 Å². The Morgan fingerprint density at radius 3 is 2.59 bits per heavy atom. The molecule has 92 valence electrons. The Labute approximate surface area is 102 Å². The molecule has 1 heterocycles. The minimum atomic E-state index is 0.240. The van der Waals surface area contributed by atoms with E-state index in [-0.39, 0.29) is 11.8 Å². The molecule has 17 heavy (non-hydrogen) atoms. The number of amides is 1. The molecule has 1 aliphatic heterocycles. The number of morpholine rings is 1. The number of rotatable bonds is 3. The van der Waals surface area contributed by atoms with Gasteiger partial charge in [0, 0.05) is 19.5 Å². The minimum Gasteiger partial charge on any atom is -0.378 e. The molecule has 1 atom stereocenters. The minimum absolute atomic E-state index is 0.240. The number of carbonyl (C=O) groups excluding carboxylic acids is 1. The van der Waals surface area contributed by atoms with Crippen LogP contribution in [0.15, 0.2) is 30.3 Å². The first-order valence-electron chi connectivity index (χ1n) is 6.18. The molecule has 0 radical (unpaired) electrons. The molecule has 0 N–H and O–H groups in total. The average Bonchev–Trinajstić information content (AvgIpc) is 2.40. The number of hydrogen-bond donors (Lipinski definition) is 0. The van der Waals surface area contributed by atoms with E-state index in [2.05, 4.69) is 19.1 Å². The van der Waals surface area contributed by atoms with Gasteiger partial charge in [-0.05, 0) is 11.5 Å². The lowest BCUT2D eigenvalue weighted by Crippen LogP contribution is -2.41. The first-order valence-corrected chi connectivity index (χ1v) is 6.18. The summed E-state index contributed by atoms with van der Waals surface area (Å²) in [5.74, 6) is 0.524. The molecule has 1 saturated heterocycles. The molecule has 3 nitrogen and oxygen atoms in total. The van der Waals surface area contributed by atoms with Crippen molar-refractivity contribution in [2.45, 2.75) is 19.3 Å². The number of hydrogen-bond acceptors (Lipinski definition) is 2. The summed E-state index contributed by atoms with van der Waals surface area (Å²) >= 11 is 0. The van der Waals surface area contributed by atoms with Crippen molar-refractivity contribution in [3.05, 3.63) is 35.9 Å². The predicted octanol–water partition coefficient (Wildman–Crippen LogP) is 2.04. The van der Waals surface area contributed by atoms with E-state index >= 15 is 0 Å². The zero-order chi connectivity index (χ0) is 12.1. The Morgan fingerprint density at radius 1 is 1.29 bits per heavy atom. The second-order valence-corrected chi connectivity index (χ2v) is 4.51. The van der Waals surface area contributed by atoms with Crippen molar-refractivity contribution in [1.82, 2.24) is 4.90 Å². The molecule has 0 bridgehead atoms. The molecule has 3 heteroatoms. The van der Waals surface area contributed by atoms with E-state index in [4.69, 9.17) is 4.74 Å². The Morgan fingerprint density at radius 2 is 1.94 bits per heavy atom. The zero-order valence-electron chi connectivity index (χ0n) is 10.3. The number of ether oxygens (including phenoxy) is 1. The largest absolute Gasteiger partial charge is 0.378 e. The molecular formula is C14H19NO2. The molecule has 1 aromatic carbocycles. The van der Waals surface area contributed by atoms with Gasteiger partial charge in [0.1, 0.15) is 0 Å². The van der Waals surface area contributed by atoms with Gasteiger partial charge in [0.05, 0.1) is 13.2 Å². The lowest BCUT2D eigenvalue weighted by Gasteiger charge is -2.28. The van der Waals surface area contributed by atoms with E-state index < -0.39 is 0 Å². The van der Waals surface area contributed by atoms with E-state index in [0.717, 1.165) is 13.1 Å². The van der Waals surface area contributed by atoms with Gasteiger partial charge in [-0.1, -0.05) is 37.3 Å². The van der Waals surface area contributed by atoms with Crippen LogP contribution in [0, 0.1) is 0 Å². The SMILES string of the molecule is CC(CC(=O)N1CCOCC1)c1ccccc1. The first-order chi connectivity index (χ1) is 8.27. The molecule has 1 fully saturated rings. The van der Waals surface area contributed by atoms with Crippen LogP contribution in [0.2, 0.25) is 0 Å². The Balaban J connectivity index is 1.89. The maximum Gasteiger partial charge on any atom is 0.223 e. The summed E-state index contributed by atoms with van der Waals surface area (Å²) in [6, 6.07) is 10.2. The van der Waals surface area contributed by atoms with Crippen LogP contribution in [-0.4, -0.2) is 37.1 Å². The highest BCUT2D eigenvalue weighted by atomic mass is 16.5. The fraction of sp³-hybridized carbons (Fsp3) is 0.500. The normalized spacial score (nSPS) is 17.8. The van der Waals surface area contributed by atoms with E-state index in [0.29, 0.717) is 19.6 Å². The molecule has 2 rings (SSSR count). The predicted molar refractivity (Wildman–Crippen MR) is 66.9 cm³/mol. The topological polar surface area (TPSA) is 29.5 Å². The van der Waals surface area contributed by atoms with Crippen LogP contribution in [-0.2, 0) is 9.53 Å². The van der Waals surface area contributed by atoms with Gasteiger partial charge in [-0.2, -0.15) is 0 Å². The molecule has 1 aromatic rings. The van der Waals surface area contributed by atoms with Gasteiger partial charge in [-0.3, -0.25) is 4.79 Å². The molecule has 1 amide bonds. The van der Waals surface area contributed by atoms with Crippen molar-refractivity contribution < 1.29 is 9.53 Å². The molecule has 0 aromatic heterocycles. The van der Waals surface area contributed by atoms with Crippen LogP contribution in [0.5, 0.6) is 0 Å². The van der Waals surface area contributed by atoms with Crippen molar-refractivity contribution in [3.63, 3.8) is 0 Å². The summed E-state index contributed by atoms with van der Waals surface area (Å²) in [5.41, 5.74) is 1.23. The second kappa shape index (κ2) is 5.82. The summed E-state index contributed by atoms with van der Waals surface area (Å²) in [6.07, 6.45) is 0.587. The van der Waals surface area contributed by atoms with Gasteiger partial charge in [0.25, 0.3) is 0 Å². The third kappa shape index (κ3) is 3.30. The molecule has 1 aliphatic rings. The summed E-state index contributed by atoms with van der Waals surface area (Å²) in [6.45, 7) is 4.92. The fourth-order valence-electron chi connectivity index (χ4n) is 2.10. The highest BCUT2D eigenvalue weighted by Gasteiger charge is 2.19. The summed E-state index contributed by atoms with van der Waals surface area (Å²) in [4.78, 5) is 14.0. The van der Waals surface area contributed by atoms with Gasteiger partial charge in [0.15, 0.2) is 0 Å². The maximum atomic E-state index is 12.1. The molecule has 1 unspecified atom stereocenters. The lowest BCUT2D eigenvalue weighted by atomic mass is 9.97. The summed E-state index contributed by atoms with van der Waals surface area (Å²) < 4.78 is 5.25. The summed E-state index contributed by atoms with van der Waals surface area (Å²) in [7, 11) is 0. The first kappa shape index (κ1) is 12.1. The number of carbonyl (C=O) groups is 1. The van der Waals surface area contributed by atoms with Crippen LogP contribution < -0.4 is 0 Å². The van der Waals surface area contributed by atoms with Crippen molar-refractivity contribution >= 4 is 5.91 Å². The zero-order valence-corrected chi connectivity index (χ0v) is 10.3. The van der Waals surface area contributed by atoms with E-state index in [9.17, 15) is 4.79 Å². The third-order valence-electron chi connectivity index (χ3n) is 3.21. The standard InChI is InChI=1S/C14H19NO2/c1-12(13-5-3-2-4-6-13)11-14(16)15-7-9-17-10-8-15/h2-6,12H,7-11H2,1H3. The quantitative estimate of drug-likeness (QED) is 0.799.